The molecule has 0 unspecified atom stereocenters. The molecule has 1 amide bonds. The minimum absolute atomic E-state index is 0.267. The fourth-order valence-electron chi connectivity index (χ4n) is 2.04. The van der Waals surface area contributed by atoms with Gasteiger partial charge in [-0.2, -0.15) is 0 Å². The molecule has 0 aliphatic carbocycles. The molecule has 92 valence electrons. The van der Waals surface area contributed by atoms with E-state index in [2.05, 4.69) is 5.32 Å². The number of hydrogen-bond acceptors (Lipinski definition) is 3. The number of primary amides is 1. The summed E-state index contributed by atoms with van der Waals surface area (Å²) in [7, 11) is 0. The Balaban J connectivity index is 1.97. The quantitative estimate of drug-likeness (QED) is 0.811. The molecular weight excluding hydrogens is 216 g/mol. The van der Waals surface area contributed by atoms with Crippen molar-refractivity contribution in [2.45, 2.75) is 25.4 Å². The van der Waals surface area contributed by atoms with E-state index in [9.17, 15) is 4.79 Å². The number of piperidine rings is 1. The lowest BCUT2D eigenvalue weighted by Gasteiger charge is -2.24. The van der Waals surface area contributed by atoms with Gasteiger partial charge < -0.3 is 15.8 Å². The largest absolute Gasteiger partial charge is 0.490 e. The van der Waals surface area contributed by atoms with E-state index in [4.69, 9.17) is 10.5 Å². The molecule has 4 heteroatoms. The van der Waals surface area contributed by atoms with Crippen molar-refractivity contribution in [1.29, 1.82) is 0 Å². The minimum Gasteiger partial charge on any atom is -0.490 e. The number of carbonyl (C=O) groups excluding carboxylic acids is 1. The van der Waals surface area contributed by atoms with E-state index in [1.165, 1.54) is 0 Å². The van der Waals surface area contributed by atoms with Crippen molar-refractivity contribution in [3.05, 3.63) is 29.8 Å². The molecule has 1 aromatic carbocycles. The van der Waals surface area contributed by atoms with Crippen LogP contribution in [0.15, 0.2) is 24.3 Å². The van der Waals surface area contributed by atoms with Gasteiger partial charge >= 0.3 is 0 Å². The fraction of sp³-hybridized carbons (Fsp3) is 0.462. The normalized spacial score (nSPS) is 16.7. The van der Waals surface area contributed by atoms with Crippen molar-refractivity contribution in [1.82, 2.24) is 5.32 Å². The van der Waals surface area contributed by atoms with Crippen LogP contribution in [-0.2, 0) is 11.2 Å². The first-order valence-corrected chi connectivity index (χ1v) is 5.98. The highest BCUT2D eigenvalue weighted by atomic mass is 16.5. The van der Waals surface area contributed by atoms with E-state index < -0.39 is 0 Å². The number of nitrogens with one attached hydrogen (secondary N) is 1. The Bertz CT molecular complexity index is 387. The van der Waals surface area contributed by atoms with E-state index >= 15 is 0 Å². The van der Waals surface area contributed by atoms with Crippen LogP contribution in [0.2, 0.25) is 0 Å². The summed E-state index contributed by atoms with van der Waals surface area (Å²) >= 11 is 0. The highest BCUT2D eigenvalue weighted by Crippen LogP contribution is 2.18. The van der Waals surface area contributed by atoms with Crippen molar-refractivity contribution in [2.75, 3.05) is 13.1 Å². The zero-order valence-corrected chi connectivity index (χ0v) is 9.82. The summed E-state index contributed by atoms with van der Waals surface area (Å²) in [4.78, 5) is 10.8. The smallest absolute Gasteiger partial charge is 0.221 e. The zero-order valence-electron chi connectivity index (χ0n) is 9.82. The monoisotopic (exact) mass is 234 g/mol. The van der Waals surface area contributed by atoms with E-state index in [1.54, 1.807) is 0 Å². The van der Waals surface area contributed by atoms with Crippen LogP contribution in [-0.4, -0.2) is 25.1 Å². The maximum Gasteiger partial charge on any atom is 0.221 e. The maximum absolute atomic E-state index is 10.8. The standard InChI is InChI=1S/C13H18N2O2/c14-13(16)9-10-2-1-3-12(8-10)17-11-4-6-15-7-5-11/h1-3,8,11,15H,4-7,9H2,(H2,14,16). The van der Waals surface area contributed by atoms with E-state index in [-0.39, 0.29) is 18.4 Å². The summed E-state index contributed by atoms with van der Waals surface area (Å²) in [5.74, 6) is 0.514. The molecule has 1 heterocycles. The van der Waals surface area contributed by atoms with Gasteiger partial charge in [-0.25, -0.2) is 0 Å². The number of carbonyl (C=O) groups is 1. The lowest BCUT2D eigenvalue weighted by Crippen LogP contribution is -2.34. The Morgan fingerprint density at radius 3 is 2.88 bits per heavy atom. The van der Waals surface area contributed by atoms with Gasteiger partial charge in [-0.15, -0.1) is 0 Å². The Labute approximate surface area is 101 Å². The second kappa shape index (κ2) is 5.68. The van der Waals surface area contributed by atoms with Crippen molar-refractivity contribution in [2.24, 2.45) is 5.73 Å². The van der Waals surface area contributed by atoms with Gasteiger partial charge in [-0.05, 0) is 43.6 Å². The topological polar surface area (TPSA) is 64.4 Å². The molecule has 3 N–H and O–H groups in total. The van der Waals surface area contributed by atoms with Gasteiger partial charge in [0.25, 0.3) is 0 Å². The molecule has 0 saturated carbocycles. The van der Waals surface area contributed by atoms with Gasteiger partial charge in [0.15, 0.2) is 0 Å². The summed E-state index contributed by atoms with van der Waals surface area (Å²) < 4.78 is 5.89. The lowest BCUT2D eigenvalue weighted by atomic mass is 10.1. The molecular formula is C13H18N2O2. The highest BCUT2D eigenvalue weighted by molar-refractivity contribution is 5.76. The van der Waals surface area contributed by atoms with Crippen LogP contribution in [0.3, 0.4) is 0 Å². The predicted octanol–water partition coefficient (Wildman–Crippen LogP) is 0.845. The van der Waals surface area contributed by atoms with E-state index in [0.717, 1.165) is 37.2 Å². The number of ether oxygens (including phenoxy) is 1. The first-order valence-electron chi connectivity index (χ1n) is 5.98. The number of benzene rings is 1. The molecule has 2 rings (SSSR count). The molecule has 0 bridgehead atoms. The highest BCUT2D eigenvalue weighted by Gasteiger charge is 2.14. The molecule has 1 aromatic rings. The van der Waals surface area contributed by atoms with Gasteiger partial charge in [-0.1, -0.05) is 12.1 Å². The molecule has 1 aliphatic rings. The van der Waals surface area contributed by atoms with Crippen LogP contribution >= 0.6 is 0 Å². The Morgan fingerprint density at radius 1 is 1.41 bits per heavy atom. The predicted molar refractivity (Wildman–Crippen MR) is 65.9 cm³/mol. The number of rotatable bonds is 4. The summed E-state index contributed by atoms with van der Waals surface area (Å²) in [6, 6.07) is 7.61. The summed E-state index contributed by atoms with van der Waals surface area (Å²) in [6.07, 6.45) is 2.60. The van der Waals surface area contributed by atoms with Crippen molar-refractivity contribution in [3.8, 4) is 5.75 Å². The van der Waals surface area contributed by atoms with Gasteiger partial charge in [-0.3, -0.25) is 4.79 Å². The van der Waals surface area contributed by atoms with Crippen molar-refractivity contribution in [3.63, 3.8) is 0 Å². The average molecular weight is 234 g/mol. The van der Waals surface area contributed by atoms with Gasteiger partial charge in [0, 0.05) is 0 Å². The number of amides is 1. The Hall–Kier alpha value is -1.55. The summed E-state index contributed by atoms with van der Waals surface area (Å²) in [5.41, 5.74) is 6.08. The number of hydrogen-bond donors (Lipinski definition) is 2. The zero-order chi connectivity index (χ0) is 12.1. The van der Waals surface area contributed by atoms with Crippen LogP contribution in [0.4, 0.5) is 0 Å². The Morgan fingerprint density at radius 2 is 2.18 bits per heavy atom. The van der Waals surface area contributed by atoms with Crippen molar-refractivity contribution >= 4 is 5.91 Å². The summed E-state index contributed by atoms with van der Waals surface area (Å²) in [6.45, 7) is 2.01. The summed E-state index contributed by atoms with van der Waals surface area (Å²) in [5, 5.41) is 3.30. The number of nitrogens with two attached hydrogens (primary N) is 1. The third-order valence-corrected chi connectivity index (χ3v) is 2.87. The first-order chi connectivity index (χ1) is 8.24. The average Bonchev–Trinajstić information content (AvgIpc) is 2.30. The SMILES string of the molecule is NC(=O)Cc1cccc(OC2CCNCC2)c1. The second-order valence-corrected chi connectivity index (χ2v) is 4.36. The van der Waals surface area contributed by atoms with Crippen LogP contribution in [0.5, 0.6) is 5.75 Å². The van der Waals surface area contributed by atoms with E-state index in [1.807, 2.05) is 24.3 Å². The van der Waals surface area contributed by atoms with Crippen molar-refractivity contribution < 1.29 is 9.53 Å². The molecule has 0 spiro atoms. The van der Waals surface area contributed by atoms with Gasteiger partial charge in [0.2, 0.25) is 5.91 Å². The molecule has 4 nitrogen and oxygen atoms in total. The molecule has 0 atom stereocenters. The first kappa shape index (κ1) is 11.9. The molecule has 1 fully saturated rings. The fourth-order valence-corrected chi connectivity index (χ4v) is 2.04. The van der Waals surface area contributed by atoms with Crippen LogP contribution in [0, 0.1) is 0 Å². The minimum atomic E-state index is -0.316. The Kier molecular flexibility index (Phi) is 3.98. The third kappa shape index (κ3) is 3.75. The molecule has 0 radical (unpaired) electrons. The molecule has 17 heavy (non-hydrogen) atoms. The van der Waals surface area contributed by atoms with Gasteiger partial charge in [0.05, 0.1) is 6.42 Å². The molecule has 0 aromatic heterocycles. The van der Waals surface area contributed by atoms with Crippen LogP contribution < -0.4 is 15.8 Å². The van der Waals surface area contributed by atoms with Gasteiger partial charge in [0.1, 0.15) is 11.9 Å². The third-order valence-electron chi connectivity index (χ3n) is 2.87. The lowest BCUT2D eigenvalue weighted by molar-refractivity contribution is -0.117. The van der Waals surface area contributed by atoms with Crippen LogP contribution in [0.1, 0.15) is 18.4 Å². The van der Waals surface area contributed by atoms with Crippen LogP contribution in [0.25, 0.3) is 0 Å². The maximum atomic E-state index is 10.8. The molecule has 1 saturated heterocycles. The molecule has 1 aliphatic heterocycles. The second-order valence-electron chi connectivity index (χ2n) is 4.36. The van der Waals surface area contributed by atoms with E-state index in [0.29, 0.717) is 0 Å².